The van der Waals surface area contributed by atoms with Crippen LogP contribution in [-0.2, 0) is 28.6 Å². The van der Waals surface area contributed by atoms with Crippen molar-refractivity contribution in [3.63, 3.8) is 0 Å². The van der Waals surface area contributed by atoms with Gasteiger partial charge in [-0.3, -0.25) is 14.4 Å². The summed E-state index contributed by atoms with van der Waals surface area (Å²) in [6.07, 6.45) is 65.6. The van der Waals surface area contributed by atoms with E-state index >= 15 is 0 Å². The monoisotopic (exact) mass is 877 g/mol. The molecule has 0 aliphatic heterocycles. The molecule has 0 aliphatic carbocycles. The van der Waals surface area contributed by atoms with Crippen LogP contribution in [0.15, 0.2) is 85.1 Å². The standard InChI is InChI=1S/C57H96O6/c1-4-7-10-13-16-19-22-25-28-30-32-35-38-41-44-47-50-56(59)62-53-54(52-61-55(58)49-46-43-40-37-34-31-27-24-21-18-15-12-9-6-3)63-57(60)51-48-45-42-39-36-33-29-26-23-20-17-14-11-8-5-2/h8,11,14,17,20,23,26,28-32,34-35,54H,4-7,9-10,12-13,15-16,18-19,21-22,24-25,27,33,36-53H2,1-3H3/b11-8-,17-14-,23-20-,29-26-,30-28-,34-31-,35-32-. The summed E-state index contributed by atoms with van der Waals surface area (Å²) in [5, 5.41) is 0. The molecule has 0 aliphatic rings. The topological polar surface area (TPSA) is 78.9 Å². The van der Waals surface area contributed by atoms with Crippen molar-refractivity contribution in [2.75, 3.05) is 13.2 Å². The first-order chi connectivity index (χ1) is 31.0. The van der Waals surface area contributed by atoms with Crippen molar-refractivity contribution in [2.45, 2.75) is 245 Å². The normalized spacial score (nSPS) is 12.7. The van der Waals surface area contributed by atoms with Gasteiger partial charge < -0.3 is 14.2 Å². The molecule has 1 unspecified atom stereocenters. The summed E-state index contributed by atoms with van der Waals surface area (Å²) >= 11 is 0. The van der Waals surface area contributed by atoms with Crippen LogP contribution in [0.4, 0.5) is 0 Å². The number of hydrogen-bond donors (Lipinski definition) is 0. The minimum Gasteiger partial charge on any atom is -0.462 e. The summed E-state index contributed by atoms with van der Waals surface area (Å²) in [4.78, 5) is 38.0. The van der Waals surface area contributed by atoms with E-state index < -0.39 is 6.10 Å². The number of rotatable bonds is 46. The van der Waals surface area contributed by atoms with Gasteiger partial charge in [0.05, 0.1) is 0 Å². The van der Waals surface area contributed by atoms with Gasteiger partial charge in [0.15, 0.2) is 6.10 Å². The fraction of sp³-hybridized carbons (Fsp3) is 0.702. The number of hydrogen-bond acceptors (Lipinski definition) is 6. The van der Waals surface area contributed by atoms with E-state index in [-0.39, 0.29) is 31.1 Å². The Kier molecular flexibility index (Phi) is 48.5. The SMILES string of the molecule is CC\C=C/C=C\C=C/C=C\CCCCCCCC(=O)OC(COC(=O)CCCCC/C=C\C=C/CCCCCCCCC)COC(=O)CCCCC/C=C\CCCCCCCCC. The second-order valence-corrected chi connectivity index (χ2v) is 17.2. The van der Waals surface area contributed by atoms with Crippen molar-refractivity contribution in [3.05, 3.63) is 85.1 Å². The van der Waals surface area contributed by atoms with E-state index in [1.807, 2.05) is 18.2 Å². The smallest absolute Gasteiger partial charge is 0.306 e. The number of ether oxygens (including phenoxy) is 3. The van der Waals surface area contributed by atoms with Crippen molar-refractivity contribution in [3.8, 4) is 0 Å². The number of esters is 3. The lowest BCUT2D eigenvalue weighted by Gasteiger charge is -2.18. The molecule has 6 nitrogen and oxygen atoms in total. The Bertz CT molecular complexity index is 1240. The number of allylic oxidation sites excluding steroid dienone is 14. The highest BCUT2D eigenvalue weighted by atomic mass is 16.6. The molecule has 1 atom stereocenters. The summed E-state index contributed by atoms with van der Waals surface area (Å²) in [5.74, 6) is -0.968. The molecule has 360 valence electrons. The summed E-state index contributed by atoms with van der Waals surface area (Å²) in [6.45, 7) is 6.43. The van der Waals surface area contributed by atoms with Crippen molar-refractivity contribution < 1.29 is 28.6 Å². The van der Waals surface area contributed by atoms with Gasteiger partial charge in [-0.15, -0.1) is 0 Å². The molecule has 0 saturated heterocycles. The molecule has 0 aromatic heterocycles. The molecule has 0 amide bonds. The van der Waals surface area contributed by atoms with Gasteiger partial charge in [-0.05, 0) is 89.9 Å². The highest BCUT2D eigenvalue weighted by molar-refractivity contribution is 5.71. The third-order valence-electron chi connectivity index (χ3n) is 11.0. The van der Waals surface area contributed by atoms with Gasteiger partial charge in [0, 0.05) is 19.3 Å². The fourth-order valence-corrected chi connectivity index (χ4v) is 7.03. The highest BCUT2D eigenvalue weighted by Crippen LogP contribution is 2.13. The molecule has 63 heavy (non-hydrogen) atoms. The van der Waals surface area contributed by atoms with E-state index in [2.05, 4.69) is 87.6 Å². The molecule has 0 aromatic rings. The Morgan fingerprint density at radius 1 is 0.333 bits per heavy atom. The van der Waals surface area contributed by atoms with Gasteiger partial charge in [-0.2, -0.15) is 0 Å². The summed E-state index contributed by atoms with van der Waals surface area (Å²) in [7, 11) is 0. The zero-order chi connectivity index (χ0) is 45.8. The molecule has 0 bridgehead atoms. The second kappa shape index (κ2) is 51.2. The van der Waals surface area contributed by atoms with Gasteiger partial charge in [0.1, 0.15) is 13.2 Å². The van der Waals surface area contributed by atoms with Crippen LogP contribution in [0.3, 0.4) is 0 Å². The van der Waals surface area contributed by atoms with Gasteiger partial charge >= 0.3 is 17.9 Å². The van der Waals surface area contributed by atoms with Crippen LogP contribution in [0.2, 0.25) is 0 Å². The molecule has 0 saturated carbocycles. The van der Waals surface area contributed by atoms with Gasteiger partial charge in [-0.25, -0.2) is 0 Å². The van der Waals surface area contributed by atoms with Crippen LogP contribution < -0.4 is 0 Å². The lowest BCUT2D eigenvalue weighted by Crippen LogP contribution is -2.30. The lowest BCUT2D eigenvalue weighted by atomic mass is 10.1. The van der Waals surface area contributed by atoms with Crippen molar-refractivity contribution in [1.82, 2.24) is 0 Å². The molecule has 0 N–H and O–H groups in total. The summed E-state index contributed by atoms with van der Waals surface area (Å²) in [5.41, 5.74) is 0. The minimum absolute atomic E-state index is 0.103. The average molecular weight is 877 g/mol. The Morgan fingerprint density at radius 2 is 0.635 bits per heavy atom. The maximum absolute atomic E-state index is 12.8. The number of carbonyl (C=O) groups is 3. The summed E-state index contributed by atoms with van der Waals surface area (Å²) < 4.78 is 16.7. The Labute approximate surface area is 388 Å². The van der Waals surface area contributed by atoms with Crippen molar-refractivity contribution >= 4 is 17.9 Å². The molecule has 0 heterocycles. The quantitative estimate of drug-likeness (QED) is 0.0199. The Hall–Kier alpha value is -3.41. The maximum atomic E-state index is 12.8. The average Bonchev–Trinajstić information content (AvgIpc) is 3.28. The predicted molar refractivity (Wildman–Crippen MR) is 270 cm³/mol. The van der Waals surface area contributed by atoms with E-state index in [1.54, 1.807) is 0 Å². The molecular formula is C57H96O6. The third kappa shape index (κ3) is 49.5. The number of unbranched alkanes of at least 4 members (excludes halogenated alkanes) is 25. The molecule has 0 aromatic carbocycles. The molecule has 0 radical (unpaired) electrons. The zero-order valence-corrected chi connectivity index (χ0v) is 41.1. The first-order valence-corrected chi connectivity index (χ1v) is 26.2. The highest BCUT2D eigenvalue weighted by Gasteiger charge is 2.19. The fourth-order valence-electron chi connectivity index (χ4n) is 7.03. The molecule has 0 spiro atoms. The zero-order valence-electron chi connectivity index (χ0n) is 41.1. The summed E-state index contributed by atoms with van der Waals surface area (Å²) in [6, 6.07) is 0. The third-order valence-corrected chi connectivity index (χ3v) is 11.0. The maximum Gasteiger partial charge on any atom is 0.306 e. The van der Waals surface area contributed by atoms with Gasteiger partial charge in [0.25, 0.3) is 0 Å². The Morgan fingerprint density at radius 3 is 1.05 bits per heavy atom. The van der Waals surface area contributed by atoms with E-state index in [9.17, 15) is 14.4 Å². The number of carbonyl (C=O) groups excluding carboxylic acids is 3. The molecule has 0 fully saturated rings. The molecule has 0 rings (SSSR count). The lowest BCUT2D eigenvalue weighted by molar-refractivity contribution is -0.167. The van der Waals surface area contributed by atoms with Gasteiger partial charge in [0.2, 0.25) is 0 Å². The van der Waals surface area contributed by atoms with E-state index in [1.165, 1.54) is 89.9 Å². The van der Waals surface area contributed by atoms with Crippen molar-refractivity contribution in [1.29, 1.82) is 0 Å². The molecule has 6 heteroatoms. The predicted octanol–water partition coefficient (Wildman–Crippen LogP) is 17.2. The van der Waals surface area contributed by atoms with E-state index in [4.69, 9.17) is 14.2 Å². The largest absolute Gasteiger partial charge is 0.462 e. The van der Waals surface area contributed by atoms with Crippen LogP contribution in [0.5, 0.6) is 0 Å². The van der Waals surface area contributed by atoms with E-state index in [0.29, 0.717) is 19.3 Å². The van der Waals surface area contributed by atoms with Crippen LogP contribution in [-0.4, -0.2) is 37.2 Å². The van der Waals surface area contributed by atoms with Gasteiger partial charge in [-0.1, -0.05) is 215 Å². The van der Waals surface area contributed by atoms with Crippen LogP contribution in [0.1, 0.15) is 239 Å². The van der Waals surface area contributed by atoms with Crippen LogP contribution >= 0.6 is 0 Å². The van der Waals surface area contributed by atoms with Crippen LogP contribution in [0.25, 0.3) is 0 Å². The minimum atomic E-state index is -0.806. The first-order valence-electron chi connectivity index (χ1n) is 26.2. The molecular weight excluding hydrogens is 781 g/mol. The van der Waals surface area contributed by atoms with E-state index in [0.717, 1.165) is 109 Å². The van der Waals surface area contributed by atoms with Crippen LogP contribution in [0, 0.1) is 0 Å². The first kappa shape index (κ1) is 59.6. The van der Waals surface area contributed by atoms with Crippen molar-refractivity contribution in [2.24, 2.45) is 0 Å². The second-order valence-electron chi connectivity index (χ2n) is 17.2. The Balaban J connectivity index is 4.50.